The number of methoxy groups -OCH3 is 3. The van der Waals surface area contributed by atoms with Crippen molar-refractivity contribution < 1.29 is 23.7 Å². The summed E-state index contributed by atoms with van der Waals surface area (Å²) in [6.45, 7) is 9.00. The van der Waals surface area contributed by atoms with E-state index in [2.05, 4.69) is 15.9 Å². The minimum absolute atomic E-state index is 0.0693. The number of nitrogens with zero attached hydrogens (tertiary/aromatic N) is 3. The van der Waals surface area contributed by atoms with E-state index in [9.17, 15) is 4.79 Å². The number of ether oxygens (including phenoxy) is 4. The Morgan fingerprint density at radius 1 is 0.795 bits per heavy atom. The van der Waals surface area contributed by atoms with Crippen LogP contribution in [0.1, 0.15) is 30.9 Å². The van der Waals surface area contributed by atoms with Crippen LogP contribution < -0.4 is 23.8 Å². The number of anilines is 1. The van der Waals surface area contributed by atoms with Crippen molar-refractivity contribution in [2.45, 2.75) is 35.8 Å². The molecule has 0 spiro atoms. The molecule has 8 nitrogen and oxygen atoms in total. The molecule has 1 atom stereocenters. The Morgan fingerprint density at radius 3 is 2.11 bits per heavy atom. The number of likely N-dealkylation sites (N-methyl/N-ethyl adjacent to an activating group) is 1. The first-order chi connectivity index (χ1) is 21.4. The Morgan fingerprint density at radius 2 is 1.43 bits per heavy atom. The second-order valence-electron chi connectivity index (χ2n) is 11.5. The van der Waals surface area contributed by atoms with Gasteiger partial charge in [0.05, 0.1) is 33.6 Å². The highest BCUT2D eigenvalue weighted by molar-refractivity contribution is 8.01. The van der Waals surface area contributed by atoms with Gasteiger partial charge in [-0.05, 0) is 68.6 Å². The Kier molecular flexibility index (Phi) is 10.6. The van der Waals surface area contributed by atoms with Gasteiger partial charge in [-0.3, -0.25) is 4.79 Å². The number of carbonyl (C=O) groups is 1. The van der Waals surface area contributed by atoms with Crippen LogP contribution in [0.3, 0.4) is 0 Å². The summed E-state index contributed by atoms with van der Waals surface area (Å²) < 4.78 is 22.1. The molecule has 0 N–H and O–H groups in total. The predicted octanol–water partition coefficient (Wildman–Crippen LogP) is 5.72. The Bertz CT molecular complexity index is 1400. The van der Waals surface area contributed by atoms with Crippen LogP contribution >= 0.6 is 11.8 Å². The van der Waals surface area contributed by atoms with Crippen LogP contribution in [-0.2, 0) is 16.0 Å². The zero-order valence-corrected chi connectivity index (χ0v) is 27.5. The monoisotopic (exact) mass is 619 g/mol. The van der Waals surface area contributed by atoms with Crippen molar-refractivity contribution in [3.63, 3.8) is 0 Å². The summed E-state index contributed by atoms with van der Waals surface area (Å²) in [6.07, 6.45) is 2.98. The smallest absolute Gasteiger partial charge is 0.247 e. The van der Waals surface area contributed by atoms with E-state index in [-0.39, 0.29) is 5.91 Å². The minimum Gasteiger partial charge on any atom is -0.493 e. The van der Waals surface area contributed by atoms with Crippen molar-refractivity contribution in [3.05, 3.63) is 71.8 Å². The minimum atomic E-state index is -0.745. The first-order valence-electron chi connectivity index (χ1n) is 15.4. The molecule has 1 amide bonds. The third kappa shape index (κ3) is 6.95. The van der Waals surface area contributed by atoms with Crippen LogP contribution in [0, 0.1) is 0 Å². The topological polar surface area (TPSA) is 63.7 Å². The van der Waals surface area contributed by atoms with Gasteiger partial charge in [0.15, 0.2) is 11.5 Å². The van der Waals surface area contributed by atoms with Gasteiger partial charge < -0.3 is 33.6 Å². The number of piperazine rings is 1. The fraction of sp³-hybridized carbons (Fsp3) is 0.457. The molecule has 3 aromatic rings. The number of hydrogen-bond acceptors (Lipinski definition) is 8. The number of rotatable bonds is 13. The van der Waals surface area contributed by atoms with E-state index >= 15 is 0 Å². The standard InChI is InChI=1S/C35H45N3O5S/c1-35(34(39)36(2)28-13-7-9-15-32(28)44-35)27-12-6-8-14-29(27)43-23-11-10-17-37-19-21-38(22-20-37)18-16-26-24-30(40-3)33(42-5)31(25-26)41-4/h6-9,12-15,24-25H,10-11,16-23H2,1-5H3. The summed E-state index contributed by atoms with van der Waals surface area (Å²) in [7, 11) is 6.80. The quantitative estimate of drug-likeness (QED) is 0.226. The second-order valence-corrected chi connectivity index (χ2v) is 12.9. The number of benzene rings is 3. The van der Waals surface area contributed by atoms with E-state index in [1.54, 1.807) is 38.0 Å². The van der Waals surface area contributed by atoms with E-state index in [0.29, 0.717) is 23.9 Å². The van der Waals surface area contributed by atoms with Crippen molar-refractivity contribution in [1.82, 2.24) is 9.80 Å². The Hall–Kier alpha value is -3.40. The predicted molar refractivity (Wildman–Crippen MR) is 177 cm³/mol. The fourth-order valence-corrected chi connectivity index (χ4v) is 7.49. The first-order valence-corrected chi connectivity index (χ1v) is 16.2. The molecule has 2 aliphatic rings. The molecule has 3 aromatic carbocycles. The second kappa shape index (κ2) is 14.6. The van der Waals surface area contributed by atoms with Crippen LogP contribution in [0.15, 0.2) is 65.6 Å². The number of thioether (sulfide) groups is 1. The highest BCUT2D eigenvalue weighted by Crippen LogP contribution is 2.52. The van der Waals surface area contributed by atoms with Gasteiger partial charge in [-0.2, -0.15) is 0 Å². The molecule has 0 saturated carbocycles. The summed E-state index contributed by atoms with van der Waals surface area (Å²) in [5.41, 5.74) is 3.07. The normalized spacial score (nSPS) is 19.0. The van der Waals surface area contributed by atoms with Gasteiger partial charge in [0.2, 0.25) is 11.7 Å². The van der Waals surface area contributed by atoms with E-state index in [4.69, 9.17) is 18.9 Å². The summed E-state index contributed by atoms with van der Waals surface area (Å²) in [5.74, 6) is 2.90. The molecule has 0 aromatic heterocycles. The van der Waals surface area contributed by atoms with Gasteiger partial charge in [-0.1, -0.05) is 30.3 Å². The average molecular weight is 620 g/mol. The molecule has 44 heavy (non-hydrogen) atoms. The zero-order valence-electron chi connectivity index (χ0n) is 26.6. The molecule has 9 heteroatoms. The van der Waals surface area contributed by atoms with Crippen molar-refractivity contribution in [2.24, 2.45) is 0 Å². The zero-order chi connectivity index (χ0) is 31.1. The van der Waals surface area contributed by atoms with Crippen molar-refractivity contribution >= 4 is 23.4 Å². The molecule has 0 radical (unpaired) electrons. The first kappa shape index (κ1) is 32.0. The maximum absolute atomic E-state index is 13.6. The largest absolute Gasteiger partial charge is 0.493 e. The molecule has 236 valence electrons. The molecule has 2 aliphatic heterocycles. The van der Waals surface area contributed by atoms with Gasteiger partial charge in [-0.25, -0.2) is 0 Å². The Balaban J connectivity index is 1.06. The van der Waals surface area contributed by atoms with E-state index in [0.717, 1.165) is 80.4 Å². The maximum atomic E-state index is 13.6. The highest BCUT2D eigenvalue weighted by Gasteiger charge is 2.45. The van der Waals surface area contributed by atoms with Gasteiger partial charge in [-0.15, -0.1) is 11.8 Å². The number of fused-ring (bicyclic) bond motifs is 1. The van der Waals surface area contributed by atoms with Gasteiger partial charge in [0, 0.05) is 50.2 Å². The van der Waals surface area contributed by atoms with Crippen LogP contribution in [0.25, 0.3) is 0 Å². The number of unbranched alkanes of at least 4 members (excludes halogenated alkanes) is 1. The molecule has 1 saturated heterocycles. The SMILES string of the molecule is COc1cc(CCN2CCN(CCCCOc3ccccc3C3(C)Sc4ccccc4N(C)C3=O)CC2)cc(OC)c1OC. The lowest BCUT2D eigenvalue weighted by Gasteiger charge is -2.39. The van der Waals surface area contributed by atoms with E-state index in [1.165, 1.54) is 5.56 Å². The number of hydrogen-bond donors (Lipinski definition) is 0. The summed E-state index contributed by atoms with van der Waals surface area (Å²) in [4.78, 5) is 21.5. The van der Waals surface area contributed by atoms with Gasteiger partial charge >= 0.3 is 0 Å². The van der Waals surface area contributed by atoms with Crippen LogP contribution in [0.4, 0.5) is 5.69 Å². The number of amides is 1. The third-order valence-corrected chi connectivity index (χ3v) is 10.1. The number of carbonyl (C=O) groups excluding carboxylic acids is 1. The molecule has 0 aliphatic carbocycles. The van der Waals surface area contributed by atoms with Crippen molar-refractivity contribution in [3.8, 4) is 23.0 Å². The number of para-hydroxylation sites is 2. The van der Waals surface area contributed by atoms with E-state index in [1.807, 2.05) is 68.6 Å². The lowest BCUT2D eigenvalue weighted by Crippen LogP contribution is -2.47. The Labute approximate surface area is 266 Å². The summed E-state index contributed by atoms with van der Waals surface area (Å²) in [5, 5.41) is 0. The molecule has 0 bridgehead atoms. The van der Waals surface area contributed by atoms with Crippen LogP contribution in [-0.4, -0.2) is 90.0 Å². The fourth-order valence-electron chi connectivity index (χ4n) is 6.09. The van der Waals surface area contributed by atoms with Crippen molar-refractivity contribution in [2.75, 3.05) is 79.2 Å². The van der Waals surface area contributed by atoms with Crippen LogP contribution in [0.5, 0.6) is 23.0 Å². The lowest BCUT2D eigenvalue weighted by molar-refractivity contribution is -0.120. The highest BCUT2D eigenvalue weighted by atomic mass is 32.2. The molecule has 1 fully saturated rings. The van der Waals surface area contributed by atoms with Gasteiger partial charge in [0.25, 0.3) is 0 Å². The summed E-state index contributed by atoms with van der Waals surface area (Å²) in [6, 6.07) is 20.2. The maximum Gasteiger partial charge on any atom is 0.247 e. The third-order valence-electron chi connectivity index (χ3n) is 8.69. The molecule has 2 heterocycles. The van der Waals surface area contributed by atoms with Crippen LogP contribution in [0.2, 0.25) is 0 Å². The summed E-state index contributed by atoms with van der Waals surface area (Å²) >= 11 is 1.61. The molecular formula is C35H45N3O5S. The van der Waals surface area contributed by atoms with Gasteiger partial charge in [0.1, 0.15) is 10.5 Å². The average Bonchev–Trinajstić information content (AvgIpc) is 3.06. The molecular weight excluding hydrogens is 574 g/mol. The van der Waals surface area contributed by atoms with E-state index < -0.39 is 4.75 Å². The molecule has 5 rings (SSSR count). The lowest BCUT2D eigenvalue weighted by atomic mass is 9.96. The molecule has 1 unspecified atom stereocenters. The van der Waals surface area contributed by atoms with Crippen molar-refractivity contribution in [1.29, 1.82) is 0 Å².